The molecule has 0 amide bonds. The molecule has 70 valence electrons. The molecule has 0 bridgehead atoms. The lowest BCUT2D eigenvalue weighted by Crippen LogP contribution is -2.43. The minimum atomic E-state index is 0.447. The van der Waals surface area contributed by atoms with Gasteiger partial charge in [0, 0.05) is 24.7 Å². The van der Waals surface area contributed by atoms with Crippen LogP contribution < -0.4 is 5.73 Å². The molecule has 0 aromatic heterocycles. The Hall–Kier alpha value is -0.0800. The van der Waals surface area contributed by atoms with Crippen LogP contribution in [0.1, 0.15) is 39.0 Å². The summed E-state index contributed by atoms with van der Waals surface area (Å²) >= 11 is 0. The Morgan fingerprint density at radius 3 is 2.50 bits per heavy atom. The van der Waals surface area contributed by atoms with E-state index in [1.54, 1.807) is 0 Å². The maximum Gasteiger partial charge on any atom is 0.0182 e. The average Bonchev–Trinajstić information content (AvgIpc) is 2.59. The molecule has 1 aliphatic heterocycles. The largest absolute Gasteiger partial charge is 0.326 e. The number of likely N-dealkylation sites (tertiary alicyclic amines) is 1. The lowest BCUT2D eigenvalue weighted by Gasteiger charge is -2.35. The van der Waals surface area contributed by atoms with Gasteiger partial charge in [0.1, 0.15) is 0 Å². The molecule has 2 nitrogen and oxygen atoms in total. The van der Waals surface area contributed by atoms with Gasteiger partial charge < -0.3 is 5.73 Å². The van der Waals surface area contributed by atoms with Gasteiger partial charge in [0.25, 0.3) is 0 Å². The van der Waals surface area contributed by atoms with Crippen LogP contribution in [0.4, 0.5) is 0 Å². The Bertz CT molecular complexity index is 161. The van der Waals surface area contributed by atoms with E-state index in [-0.39, 0.29) is 0 Å². The van der Waals surface area contributed by atoms with Gasteiger partial charge in [0.2, 0.25) is 0 Å². The van der Waals surface area contributed by atoms with Crippen molar-refractivity contribution in [3.05, 3.63) is 0 Å². The first-order chi connectivity index (χ1) is 5.71. The first kappa shape index (κ1) is 8.52. The Morgan fingerprint density at radius 1 is 1.33 bits per heavy atom. The van der Waals surface area contributed by atoms with Gasteiger partial charge in [0.15, 0.2) is 0 Å². The first-order valence-electron chi connectivity index (χ1n) is 5.21. The summed E-state index contributed by atoms with van der Waals surface area (Å²) in [5.41, 5.74) is 6.42. The third-order valence-electron chi connectivity index (χ3n) is 3.67. The Morgan fingerprint density at radius 2 is 2.00 bits per heavy atom. The van der Waals surface area contributed by atoms with Crippen LogP contribution in [0.5, 0.6) is 0 Å². The zero-order chi connectivity index (χ0) is 8.60. The first-order valence-corrected chi connectivity index (χ1v) is 5.21. The Balaban J connectivity index is 1.99. The van der Waals surface area contributed by atoms with Crippen molar-refractivity contribution in [3.8, 4) is 0 Å². The zero-order valence-electron chi connectivity index (χ0n) is 8.05. The second-order valence-electron chi connectivity index (χ2n) is 4.70. The fourth-order valence-corrected chi connectivity index (χ4v) is 2.73. The third-order valence-corrected chi connectivity index (χ3v) is 3.67. The third kappa shape index (κ3) is 1.38. The second kappa shape index (κ2) is 3.00. The predicted octanol–water partition coefficient (Wildman–Crippen LogP) is 1.35. The quantitative estimate of drug-likeness (QED) is 0.640. The molecule has 12 heavy (non-hydrogen) atoms. The molecule has 1 unspecified atom stereocenters. The van der Waals surface area contributed by atoms with Gasteiger partial charge in [-0.1, -0.05) is 12.8 Å². The van der Waals surface area contributed by atoms with Crippen molar-refractivity contribution in [2.45, 2.75) is 50.6 Å². The highest BCUT2D eigenvalue weighted by molar-refractivity contribution is 4.95. The summed E-state index contributed by atoms with van der Waals surface area (Å²) in [6.45, 7) is 4.78. The topological polar surface area (TPSA) is 29.3 Å². The molecule has 1 atom stereocenters. The van der Waals surface area contributed by atoms with Crippen LogP contribution in [-0.2, 0) is 0 Å². The maximum absolute atomic E-state index is 5.91. The van der Waals surface area contributed by atoms with Gasteiger partial charge in [0.05, 0.1) is 0 Å². The molecule has 1 saturated heterocycles. The second-order valence-corrected chi connectivity index (χ2v) is 4.70. The van der Waals surface area contributed by atoms with Crippen LogP contribution in [0, 0.1) is 0 Å². The minimum Gasteiger partial charge on any atom is -0.326 e. The van der Waals surface area contributed by atoms with E-state index in [4.69, 9.17) is 5.73 Å². The summed E-state index contributed by atoms with van der Waals surface area (Å²) in [7, 11) is 0. The fourth-order valence-electron chi connectivity index (χ4n) is 2.73. The standard InChI is InChI=1S/C10H20N2/c1-10(5-2-3-6-10)12-7-4-9(11)8-12/h9H,2-8,11H2,1H3. The molecule has 0 spiro atoms. The smallest absolute Gasteiger partial charge is 0.0182 e. The van der Waals surface area contributed by atoms with E-state index in [1.807, 2.05) is 0 Å². The van der Waals surface area contributed by atoms with E-state index >= 15 is 0 Å². The highest BCUT2D eigenvalue weighted by Crippen LogP contribution is 2.36. The average molecular weight is 168 g/mol. The van der Waals surface area contributed by atoms with Crippen LogP contribution in [0.2, 0.25) is 0 Å². The molecule has 2 N–H and O–H groups in total. The normalized spacial score (nSPS) is 36.0. The van der Waals surface area contributed by atoms with Crippen molar-refractivity contribution in [2.75, 3.05) is 13.1 Å². The number of nitrogens with zero attached hydrogens (tertiary/aromatic N) is 1. The molecule has 0 aromatic carbocycles. The van der Waals surface area contributed by atoms with Crippen molar-refractivity contribution in [2.24, 2.45) is 5.73 Å². The molecule has 0 radical (unpaired) electrons. The molecular weight excluding hydrogens is 148 g/mol. The molecular formula is C10H20N2. The molecule has 2 heteroatoms. The van der Waals surface area contributed by atoms with E-state index in [1.165, 1.54) is 38.6 Å². The summed E-state index contributed by atoms with van der Waals surface area (Å²) in [5, 5.41) is 0. The molecule has 1 aliphatic carbocycles. The summed E-state index contributed by atoms with van der Waals surface area (Å²) in [6, 6.07) is 0.447. The fraction of sp³-hybridized carbons (Fsp3) is 1.00. The molecule has 2 fully saturated rings. The molecule has 1 saturated carbocycles. The number of hydrogen-bond donors (Lipinski definition) is 1. The summed E-state index contributed by atoms with van der Waals surface area (Å²) in [5.74, 6) is 0. The van der Waals surface area contributed by atoms with Crippen LogP contribution in [0.15, 0.2) is 0 Å². The van der Waals surface area contributed by atoms with Crippen molar-refractivity contribution in [3.63, 3.8) is 0 Å². The van der Waals surface area contributed by atoms with Crippen LogP contribution in [-0.4, -0.2) is 29.6 Å². The van der Waals surface area contributed by atoms with Crippen molar-refractivity contribution >= 4 is 0 Å². The van der Waals surface area contributed by atoms with Crippen molar-refractivity contribution in [1.29, 1.82) is 0 Å². The number of hydrogen-bond acceptors (Lipinski definition) is 2. The zero-order valence-corrected chi connectivity index (χ0v) is 8.05. The van der Waals surface area contributed by atoms with E-state index in [0.29, 0.717) is 11.6 Å². The lowest BCUT2D eigenvalue weighted by molar-refractivity contribution is 0.140. The molecule has 2 rings (SSSR count). The Kier molecular flexibility index (Phi) is 2.13. The molecule has 0 aromatic rings. The van der Waals surface area contributed by atoms with Gasteiger partial charge in [-0.25, -0.2) is 0 Å². The molecule has 2 aliphatic rings. The van der Waals surface area contributed by atoms with Gasteiger partial charge >= 0.3 is 0 Å². The molecule has 1 heterocycles. The number of rotatable bonds is 1. The lowest BCUT2D eigenvalue weighted by atomic mass is 9.99. The van der Waals surface area contributed by atoms with Crippen LogP contribution in [0.25, 0.3) is 0 Å². The monoisotopic (exact) mass is 168 g/mol. The van der Waals surface area contributed by atoms with Gasteiger partial charge in [-0.05, 0) is 26.2 Å². The van der Waals surface area contributed by atoms with E-state index < -0.39 is 0 Å². The summed E-state index contributed by atoms with van der Waals surface area (Å²) in [4.78, 5) is 2.62. The Labute approximate surface area is 75.1 Å². The van der Waals surface area contributed by atoms with Crippen molar-refractivity contribution < 1.29 is 0 Å². The maximum atomic E-state index is 5.91. The van der Waals surface area contributed by atoms with Gasteiger partial charge in [-0.15, -0.1) is 0 Å². The highest BCUT2D eigenvalue weighted by atomic mass is 15.2. The van der Waals surface area contributed by atoms with Crippen molar-refractivity contribution in [1.82, 2.24) is 4.90 Å². The van der Waals surface area contributed by atoms with Crippen LogP contribution in [0.3, 0.4) is 0 Å². The number of nitrogens with two attached hydrogens (primary N) is 1. The summed E-state index contributed by atoms with van der Waals surface area (Å²) < 4.78 is 0. The summed E-state index contributed by atoms with van der Waals surface area (Å²) in [6.07, 6.45) is 6.82. The minimum absolute atomic E-state index is 0.447. The predicted molar refractivity (Wildman–Crippen MR) is 51.0 cm³/mol. The van der Waals surface area contributed by atoms with Crippen LogP contribution >= 0.6 is 0 Å². The van der Waals surface area contributed by atoms with Gasteiger partial charge in [-0.2, -0.15) is 0 Å². The SMILES string of the molecule is CC1(N2CCC(N)C2)CCCC1. The van der Waals surface area contributed by atoms with E-state index in [2.05, 4.69) is 11.8 Å². The van der Waals surface area contributed by atoms with E-state index in [9.17, 15) is 0 Å². The highest BCUT2D eigenvalue weighted by Gasteiger charge is 2.37. The van der Waals surface area contributed by atoms with E-state index in [0.717, 1.165) is 6.54 Å². The van der Waals surface area contributed by atoms with Gasteiger partial charge in [-0.3, -0.25) is 4.90 Å².